The quantitative estimate of drug-likeness (QED) is 0.717. The van der Waals surface area contributed by atoms with Crippen molar-refractivity contribution >= 4 is 22.0 Å². The minimum absolute atomic E-state index is 0.284. The molecule has 0 saturated carbocycles. The number of hydrogen-bond donors (Lipinski definition) is 2. The molecule has 0 atom stereocenters. The van der Waals surface area contributed by atoms with Crippen molar-refractivity contribution in [3.8, 4) is 0 Å². The van der Waals surface area contributed by atoms with Gasteiger partial charge in [0.05, 0.1) is 5.69 Å². The first kappa shape index (κ1) is 8.00. The minimum atomic E-state index is -0.534. The SMILES string of the molecule is C=Cc1[nH]c(=O)[nH]c(=O)c1Br. The van der Waals surface area contributed by atoms with E-state index >= 15 is 0 Å². The van der Waals surface area contributed by atoms with Crippen LogP contribution in [-0.4, -0.2) is 9.97 Å². The first-order valence-corrected chi connectivity index (χ1v) is 3.59. The van der Waals surface area contributed by atoms with Crippen LogP contribution < -0.4 is 11.2 Å². The maximum atomic E-state index is 10.8. The van der Waals surface area contributed by atoms with E-state index in [2.05, 4.69) is 32.5 Å². The molecule has 11 heavy (non-hydrogen) atoms. The van der Waals surface area contributed by atoms with Gasteiger partial charge in [0.25, 0.3) is 5.56 Å². The lowest BCUT2D eigenvalue weighted by Gasteiger charge is -1.93. The summed E-state index contributed by atoms with van der Waals surface area (Å²) in [5, 5.41) is 0. The van der Waals surface area contributed by atoms with E-state index in [0.29, 0.717) is 5.69 Å². The molecule has 58 valence electrons. The van der Waals surface area contributed by atoms with E-state index < -0.39 is 11.2 Å². The predicted octanol–water partition coefficient (Wildman–Crippen LogP) is 0.469. The van der Waals surface area contributed by atoms with Crippen molar-refractivity contribution in [2.24, 2.45) is 0 Å². The number of hydrogen-bond acceptors (Lipinski definition) is 2. The summed E-state index contributed by atoms with van der Waals surface area (Å²) in [4.78, 5) is 25.9. The molecule has 0 saturated heterocycles. The Morgan fingerprint density at radius 2 is 2.00 bits per heavy atom. The molecular weight excluding hydrogens is 212 g/mol. The fourth-order valence-corrected chi connectivity index (χ4v) is 0.989. The van der Waals surface area contributed by atoms with Gasteiger partial charge in [-0.05, 0) is 22.0 Å². The second-order valence-corrected chi connectivity index (χ2v) is 2.63. The van der Waals surface area contributed by atoms with Crippen LogP contribution in [0, 0.1) is 0 Å². The van der Waals surface area contributed by atoms with Gasteiger partial charge < -0.3 is 4.98 Å². The summed E-state index contributed by atoms with van der Waals surface area (Å²) in [5.41, 5.74) is -0.601. The van der Waals surface area contributed by atoms with Crippen molar-refractivity contribution in [3.05, 3.63) is 37.6 Å². The lowest BCUT2D eigenvalue weighted by molar-refractivity contribution is 1.01. The highest BCUT2D eigenvalue weighted by molar-refractivity contribution is 9.10. The average molecular weight is 217 g/mol. The molecule has 4 nitrogen and oxygen atoms in total. The highest BCUT2D eigenvalue weighted by Gasteiger charge is 2.00. The molecule has 1 aromatic heterocycles. The van der Waals surface area contributed by atoms with Crippen molar-refractivity contribution in [2.45, 2.75) is 0 Å². The van der Waals surface area contributed by atoms with Crippen LogP contribution in [0.5, 0.6) is 0 Å². The van der Waals surface area contributed by atoms with Gasteiger partial charge in [0, 0.05) is 0 Å². The number of rotatable bonds is 1. The minimum Gasteiger partial charge on any atom is -0.306 e. The molecule has 0 spiro atoms. The zero-order chi connectivity index (χ0) is 8.43. The van der Waals surface area contributed by atoms with Crippen molar-refractivity contribution in [2.75, 3.05) is 0 Å². The second kappa shape index (κ2) is 2.87. The molecule has 0 aliphatic rings. The maximum absolute atomic E-state index is 10.8. The molecule has 1 aromatic rings. The standard InChI is InChI=1S/C6H5BrN2O2/c1-2-3-4(7)5(10)9-6(11)8-3/h2H,1H2,(H2,8,9,10,11). The van der Waals surface area contributed by atoms with Gasteiger partial charge in [0.15, 0.2) is 0 Å². The van der Waals surface area contributed by atoms with E-state index in [0.717, 1.165) is 0 Å². The van der Waals surface area contributed by atoms with Gasteiger partial charge in [0.2, 0.25) is 0 Å². The zero-order valence-electron chi connectivity index (χ0n) is 5.48. The van der Waals surface area contributed by atoms with Gasteiger partial charge in [-0.1, -0.05) is 6.58 Å². The lowest BCUT2D eigenvalue weighted by atomic mass is 10.4. The number of halogens is 1. The Kier molecular flexibility index (Phi) is 2.09. The van der Waals surface area contributed by atoms with Crippen LogP contribution in [0.3, 0.4) is 0 Å². The molecule has 1 heterocycles. The van der Waals surface area contributed by atoms with Crippen LogP contribution in [0.4, 0.5) is 0 Å². The molecule has 0 amide bonds. The highest BCUT2D eigenvalue weighted by atomic mass is 79.9. The van der Waals surface area contributed by atoms with Crippen molar-refractivity contribution in [3.63, 3.8) is 0 Å². The fraction of sp³-hybridized carbons (Fsp3) is 0. The Morgan fingerprint density at radius 1 is 1.36 bits per heavy atom. The van der Waals surface area contributed by atoms with Crippen molar-refractivity contribution in [1.82, 2.24) is 9.97 Å². The topological polar surface area (TPSA) is 65.7 Å². The van der Waals surface area contributed by atoms with Gasteiger partial charge >= 0.3 is 5.69 Å². The highest BCUT2D eigenvalue weighted by Crippen LogP contribution is 2.06. The molecule has 0 bridgehead atoms. The van der Waals surface area contributed by atoms with Crippen LogP contribution in [0.15, 0.2) is 20.6 Å². The van der Waals surface area contributed by atoms with E-state index in [4.69, 9.17) is 0 Å². The monoisotopic (exact) mass is 216 g/mol. The molecule has 0 aromatic carbocycles. The average Bonchev–Trinajstić information content (AvgIpc) is 1.96. The van der Waals surface area contributed by atoms with Gasteiger partial charge in [0.1, 0.15) is 4.47 Å². The lowest BCUT2D eigenvalue weighted by Crippen LogP contribution is -2.23. The summed E-state index contributed by atoms with van der Waals surface area (Å²) in [6.07, 6.45) is 1.39. The second-order valence-electron chi connectivity index (χ2n) is 1.84. The van der Waals surface area contributed by atoms with Gasteiger partial charge in [-0.25, -0.2) is 4.79 Å². The predicted molar refractivity (Wildman–Crippen MR) is 45.5 cm³/mol. The van der Waals surface area contributed by atoms with Gasteiger partial charge in [-0.15, -0.1) is 0 Å². The summed E-state index contributed by atoms with van der Waals surface area (Å²) in [6, 6.07) is 0. The van der Waals surface area contributed by atoms with E-state index in [1.165, 1.54) is 6.08 Å². The number of H-pyrrole nitrogens is 2. The van der Waals surface area contributed by atoms with E-state index in [9.17, 15) is 9.59 Å². The Morgan fingerprint density at radius 3 is 2.55 bits per heavy atom. The third-order valence-electron chi connectivity index (χ3n) is 1.12. The molecule has 0 aliphatic carbocycles. The molecule has 0 radical (unpaired) electrons. The first-order chi connectivity index (χ1) is 5.15. The summed E-state index contributed by atoms with van der Waals surface area (Å²) >= 11 is 2.99. The number of nitrogens with one attached hydrogen (secondary N) is 2. The Hall–Kier alpha value is -1.10. The summed E-state index contributed by atoms with van der Waals surface area (Å²) < 4.78 is 0.284. The largest absolute Gasteiger partial charge is 0.326 e. The van der Waals surface area contributed by atoms with E-state index in [1.807, 2.05) is 0 Å². The van der Waals surface area contributed by atoms with Crippen LogP contribution in [-0.2, 0) is 0 Å². The van der Waals surface area contributed by atoms with Crippen molar-refractivity contribution < 1.29 is 0 Å². The fourth-order valence-electron chi connectivity index (χ4n) is 0.629. The van der Waals surface area contributed by atoms with Crippen LogP contribution in [0.2, 0.25) is 0 Å². The zero-order valence-corrected chi connectivity index (χ0v) is 7.06. The molecule has 5 heteroatoms. The number of aromatic nitrogens is 2. The Labute approximate surface area is 70.1 Å². The Balaban J connectivity index is 3.61. The van der Waals surface area contributed by atoms with E-state index in [-0.39, 0.29) is 4.47 Å². The number of aromatic amines is 2. The van der Waals surface area contributed by atoms with E-state index in [1.54, 1.807) is 0 Å². The Bertz CT molecular complexity index is 390. The summed E-state index contributed by atoms with van der Waals surface area (Å²) in [6.45, 7) is 3.42. The summed E-state index contributed by atoms with van der Waals surface area (Å²) in [7, 11) is 0. The van der Waals surface area contributed by atoms with Crippen LogP contribution >= 0.6 is 15.9 Å². The van der Waals surface area contributed by atoms with Gasteiger partial charge in [-0.2, -0.15) is 0 Å². The molecular formula is C6H5BrN2O2. The summed E-state index contributed by atoms with van der Waals surface area (Å²) in [5.74, 6) is 0. The maximum Gasteiger partial charge on any atom is 0.326 e. The third kappa shape index (κ3) is 1.48. The first-order valence-electron chi connectivity index (χ1n) is 2.79. The molecule has 1 rings (SSSR count). The third-order valence-corrected chi connectivity index (χ3v) is 1.90. The molecule has 0 fully saturated rings. The molecule has 0 aliphatic heterocycles. The van der Waals surface area contributed by atoms with Crippen LogP contribution in [0.25, 0.3) is 6.08 Å². The van der Waals surface area contributed by atoms with Crippen molar-refractivity contribution in [1.29, 1.82) is 0 Å². The smallest absolute Gasteiger partial charge is 0.306 e. The van der Waals surface area contributed by atoms with Gasteiger partial charge in [-0.3, -0.25) is 9.78 Å². The normalized spacial score (nSPS) is 9.55. The molecule has 0 unspecified atom stereocenters. The molecule has 2 N–H and O–H groups in total. The van der Waals surface area contributed by atoms with Crippen LogP contribution in [0.1, 0.15) is 5.69 Å².